The fourth-order valence-corrected chi connectivity index (χ4v) is 3.09. The second kappa shape index (κ2) is 7.29. The van der Waals surface area contributed by atoms with Crippen molar-refractivity contribution in [2.75, 3.05) is 17.3 Å². The molecule has 1 aliphatic rings. The zero-order valence-corrected chi connectivity index (χ0v) is 13.8. The minimum Gasteiger partial charge on any atom is -0.478 e. The molecule has 6 heteroatoms. The highest BCUT2D eigenvalue weighted by atomic mass is 16.4. The molecule has 2 aromatic rings. The molecule has 3 rings (SSSR count). The van der Waals surface area contributed by atoms with Crippen LogP contribution < -0.4 is 10.2 Å². The molecular weight excluding hydrogens is 304 g/mol. The number of hydrogen-bond acceptors (Lipinski definition) is 5. The molecule has 0 atom stereocenters. The summed E-state index contributed by atoms with van der Waals surface area (Å²) in [7, 11) is 2.09. The minimum absolute atomic E-state index is 0.257. The number of carboxylic acid groups (broad SMARTS) is 1. The largest absolute Gasteiger partial charge is 0.478 e. The van der Waals surface area contributed by atoms with Gasteiger partial charge in [0.25, 0.3) is 0 Å². The number of nitrogens with one attached hydrogen (secondary N) is 1. The van der Waals surface area contributed by atoms with Crippen LogP contribution in [-0.4, -0.2) is 34.1 Å². The van der Waals surface area contributed by atoms with Crippen molar-refractivity contribution in [3.05, 3.63) is 42.1 Å². The SMILES string of the molecule is CN(c1ccnc(Nc2ccc(C(=O)O)cc2)n1)C1CCCCC1. The molecule has 0 radical (unpaired) electrons. The molecule has 1 fully saturated rings. The van der Waals surface area contributed by atoms with Gasteiger partial charge >= 0.3 is 5.97 Å². The van der Waals surface area contributed by atoms with Crippen molar-refractivity contribution < 1.29 is 9.90 Å². The number of aromatic carboxylic acids is 1. The Morgan fingerprint density at radius 1 is 1.17 bits per heavy atom. The molecule has 1 heterocycles. The summed E-state index contributed by atoms with van der Waals surface area (Å²) in [6.07, 6.45) is 8.05. The van der Waals surface area contributed by atoms with E-state index in [-0.39, 0.29) is 5.56 Å². The van der Waals surface area contributed by atoms with E-state index in [1.54, 1.807) is 30.5 Å². The monoisotopic (exact) mass is 326 g/mol. The number of rotatable bonds is 5. The minimum atomic E-state index is -0.936. The molecule has 1 aromatic heterocycles. The topological polar surface area (TPSA) is 78.4 Å². The lowest BCUT2D eigenvalue weighted by Crippen LogP contribution is -2.34. The molecule has 1 aromatic carbocycles. The Morgan fingerprint density at radius 2 is 1.88 bits per heavy atom. The Hall–Kier alpha value is -2.63. The van der Waals surface area contributed by atoms with E-state index in [4.69, 9.17) is 5.11 Å². The molecule has 2 N–H and O–H groups in total. The first-order valence-corrected chi connectivity index (χ1v) is 8.30. The van der Waals surface area contributed by atoms with Crippen LogP contribution in [0.1, 0.15) is 42.5 Å². The fourth-order valence-electron chi connectivity index (χ4n) is 3.09. The first kappa shape index (κ1) is 16.2. The van der Waals surface area contributed by atoms with Gasteiger partial charge in [-0.2, -0.15) is 4.98 Å². The number of nitrogens with zero attached hydrogens (tertiary/aromatic N) is 3. The first-order chi connectivity index (χ1) is 11.6. The van der Waals surface area contributed by atoms with Crippen LogP contribution in [0.5, 0.6) is 0 Å². The van der Waals surface area contributed by atoms with Crippen molar-refractivity contribution in [3.63, 3.8) is 0 Å². The molecule has 6 nitrogen and oxygen atoms in total. The predicted molar refractivity (Wildman–Crippen MR) is 94.0 cm³/mol. The van der Waals surface area contributed by atoms with Crippen molar-refractivity contribution >= 4 is 23.4 Å². The average Bonchev–Trinajstić information content (AvgIpc) is 2.62. The standard InChI is InChI=1S/C18H22N4O2/c1-22(15-5-3-2-4-6-15)16-11-12-19-18(21-16)20-14-9-7-13(8-10-14)17(23)24/h7-12,15H,2-6H2,1H3,(H,23,24)(H,19,20,21). The second-order valence-electron chi connectivity index (χ2n) is 6.15. The second-order valence-corrected chi connectivity index (χ2v) is 6.15. The molecule has 0 saturated heterocycles. The number of aromatic nitrogens is 2. The summed E-state index contributed by atoms with van der Waals surface area (Å²) in [5.74, 6) is 0.480. The maximum Gasteiger partial charge on any atom is 0.335 e. The normalized spacial score (nSPS) is 15.0. The van der Waals surface area contributed by atoms with E-state index in [0.29, 0.717) is 12.0 Å². The maximum absolute atomic E-state index is 10.9. The Morgan fingerprint density at radius 3 is 2.54 bits per heavy atom. The zero-order valence-electron chi connectivity index (χ0n) is 13.8. The van der Waals surface area contributed by atoms with E-state index in [9.17, 15) is 4.79 Å². The highest BCUT2D eigenvalue weighted by Crippen LogP contribution is 2.25. The number of benzene rings is 1. The van der Waals surface area contributed by atoms with Gasteiger partial charge < -0.3 is 15.3 Å². The zero-order chi connectivity index (χ0) is 16.9. The lowest BCUT2D eigenvalue weighted by molar-refractivity contribution is 0.0697. The molecule has 0 bridgehead atoms. The van der Waals surface area contributed by atoms with E-state index in [1.807, 2.05) is 6.07 Å². The highest BCUT2D eigenvalue weighted by molar-refractivity contribution is 5.88. The van der Waals surface area contributed by atoms with Gasteiger partial charge in [0, 0.05) is 25.0 Å². The third kappa shape index (κ3) is 3.82. The van der Waals surface area contributed by atoms with Gasteiger partial charge in [0.05, 0.1) is 5.56 Å². The summed E-state index contributed by atoms with van der Waals surface area (Å²) in [5, 5.41) is 12.1. The third-order valence-corrected chi connectivity index (χ3v) is 4.51. The van der Waals surface area contributed by atoms with Crippen LogP contribution in [0.4, 0.5) is 17.5 Å². The summed E-state index contributed by atoms with van der Waals surface area (Å²) < 4.78 is 0. The lowest BCUT2D eigenvalue weighted by Gasteiger charge is -2.32. The highest BCUT2D eigenvalue weighted by Gasteiger charge is 2.19. The lowest BCUT2D eigenvalue weighted by atomic mass is 9.94. The number of carbonyl (C=O) groups is 1. The van der Waals surface area contributed by atoms with Crippen LogP contribution in [0.15, 0.2) is 36.5 Å². The summed E-state index contributed by atoms with van der Waals surface area (Å²) in [6.45, 7) is 0. The van der Waals surface area contributed by atoms with Crippen molar-refractivity contribution in [2.45, 2.75) is 38.1 Å². The van der Waals surface area contributed by atoms with Crippen LogP contribution in [0.25, 0.3) is 0 Å². The molecule has 126 valence electrons. The third-order valence-electron chi connectivity index (χ3n) is 4.51. The van der Waals surface area contributed by atoms with Crippen LogP contribution in [0, 0.1) is 0 Å². The smallest absolute Gasteiger partial charge is 0.335 e. The van der Waals surface area contributed by atoms with Gasteiger partial charge in [-0.25, -0.2) is 9.78 Å². The Bertz CT molecular complexity index is 696. The van der Waals surface area contributed by atoms with Gasteiger partial charge in [-0.05, 0) is 43.2 Å². The molecule has 24 heavy (non-hydrogen) atoms. The van der Waals surface area contributed by atoms with Crippen molar-refractivity contribution in [1.82, 2.24) is 9.97 Å². The molecule has 1 saturated carbocycles. The maximum atomic E-state index is 10.9. The average molecular weight is 326 g/mol. The van der Waals surface area contributed by atoms with Crippen molar-refractivity contribution in [2.24, 2.45) is 0 Å². The van der Waals surface area contributed by atoms with E-state index >= 15 is 0 Å². The quantitative estimate of drug-likeness (QED) is 0.872. The van der Waals surface area contributed by atoms with E-state index in [0.717, 1.165) is 11.5 Å². The van der Waals surface area contributed by atoms with E-state index in [1.165, 1.54) is 32.1 Å². The molecule has 0 amide bonds. The summed E-state index contributed by atoms with van der Waals surface area (Å²) in [6, 6.07) is 9.00. The molecule has 0 spiro atoms. The Kier molecular flexibility index (Phi) is 4.93. The van der Waals surface area contributed by atoms with Crippen LogP contribution in [-0.2, 0) is 0 Å². The molecular formula is C18H22N4O2. The Balaban J connectivity index is 1.71. The van der Waals surface area contributed by atoms with Gasteiger partial charge in [0.15, 0.2) is 0 Å². The summed E-state index contributed by atoms with van der Waals surface area (Å²) >= 11 is 0. The summed E-state index contributed by atoms with van der Waals surface area (Å²) in [5.41, 5.74) is 1.02. The fraction of sp³-hybridized carbons (Fsp3) is 0.389. The molecule has 0 aliphatic heterocycles. The van der Waals surface area contributed by atoms with Gasteiger partial charge in [-0.3, -0.25) is 0 Å². The summed E-state index contributed by atoms with van der Waals surface area (Å²) in [4.78, 5) is 22.0. The molecule has 0 unspecified atom stereocenters. The van der Waals surface area contributed by atoms with Crippen molar-refractivity contribution in [1.29, 1.82) is 0 Å². The van der Waals surface area contributed by atoms with Crippen LogP contribution in [0.2, 0.25) is 0 Å². The van der Waals surface area contributed by atoms with E-state index in [2.05, 4.69) is 27.2 Å². The van der Waals surface area contributed by atoms with E-state index < -0.39 is 5.97 Å². The van der Waals surface area contributed by atoms with Crippen LogP contribution in [0.3, 0.4) is 0 Å². The molecule has 1 aliphatic carbocycles. The van der Waals surface area contributed by atoms with Gasteiger partial charge in [-0.15, -0.1) is 0 Å². The van der Waals surface area contributed by atoms with Gasteiger partial charge in [0.1, 0.15) is 5.82 Å². The van der Waals surface area contributed by atoms with Crippen LogP contribution >= 0.6 is 0 Å². The predicted octanol–water partition coefficient (Wildman–Crippen LogP) is 3.69. The number of carboxylic acids is 1. The first-order valence-electron chi connectivity index (χ1n) is 8.30. The van der Waals surface area contributed by atoms with Gasteiger partial charge in [-0.1, -0.05) is 19.3 Å². The Labute approximate surface area is 141 Å². The van der Waals surface area contributed by atoms with Gasteiger partial charge in [0.2, 0.25) is 5.95 Å². The number of anilines is 3. The number of hydrogen-bond donors (Lipinski definition) is 2. The van der Waals surface area contributed by atoms with Crippen molar-refractivity contribution in [3.8, 4) is 0 Å².